The van der Waals surface area contributed by atoms with Crippen LogP contribution in [0.3, 0.4) is 0 Å². The van der Waals surface area contributed by atoms with Gasteiger partial charge in [0.05, 0.1) is 15.9 Å². The molecule has 0 N–H and O–H groups in total. The normalized spacial score (nSPS) is 10.8. The summed E-state index contributed by atoms with van der Waals surface area (Å²) in [7, 11) is 1.65. The number of rotatable bonds is 0. The van der Waals surface area contributed by atoms with Gasteiger partial charge in [-0.1, -0.05) is 17.7 Å². The zero-order chi connectivity index (χ0) is 10.3. The highest BCUT2D eigenvalue weighted by Crippen LogP contribution is 2.19. The fraction of sp³-hybridized carbons (Fsp3) is 0.111. The molecule has 14 heavy (non-hydrogen) atoms. The average molecular weight is 274 g/mol. The summed E-state index contributed by atoms with van der Waals surface area (Å²) in [6.45, 7) is 0. The molecule has 0 aliphatic heterocycles. The number of halogens is 2. The summed E-state index contributed by atoms with van der Waals surface area (Å²) in [6, 6.07) is 5.16. The summed E-state index contributed by atoms with van der Waals surface area (Å²) in [5.74, 6) is 0. The van der Waals surface area contributed by atoms with Crippen molar-refractivity contribution in [1.29, 1.82) is 0 Å². The molecule has 1 aromatic heterocycles. The molecule has 72 valence electrons. The van der Waals surface area contributed by atoms with Crippen molar-refractivity contribution in [2.24, 2.45) is 7.05 Å². The van der Waals surface area contributed by atoms with Gasteiger partial charge in [-0.2, -0.15) is 0 Å². The standard InChI is InChI=1S/C9H6BrClN2O/c1-13-8(14)5-3-2-4-6(11)7(5)12-9(13)10/h2-4H,1H3. The summed E-state index contributed by atoms with van der Waals surface area (Å²) >= 11 is 9.12. The Bertz CT molecular complexity index is 564. The molecule has 0 unspecified atom stereocenters. The van der Waals surface area contributed by atoms with Gasteiger partial charge in [-0.05, 0) is 28.1 Å². The maximum atomic E-state index is 11.7. The topological polar surface area (TPSA) is 34.9 Å². The minimum atomic E-state index is -0.107. The van der Waals surface area contributed by atoms with Gasteiger partial charge in [0.2, 0.25) is 0 Å². The van der Waals surface area contributed by atoms with Gasteiger partial charge in [-0.3, -0.25) is 9.36 Å². The Morgan fingerprint density at radius 1 is 1.50 bits per heavy atom. The van der Waals surface area contributed by atoms with E-state index in [0.717, 1.165) is 0 Å². The first-order valence-electron chi connectivity index (χ1n) is 3.92. The minimum absolute atomic E-state index is 0.107. The third-order valence-corrected chi connectivity index (χ3v) is 3.02. The Kier molecular flexibility index (Phi) is 2.33. The Morgan fingerprint density at radius 2 is 2.21 bits per heavy atom. The summed E-state index contributed by atoms with van der Waals surface area (Å²) < 4.78 is 1.90. The van der Waals surface area contributed by atoms with Gasteiger partial charge in [0.1, 0.15) is 0 Å². The second-order valence-corrected chi connectivity index (χ2v) is 4.00. The lowest BCUT2D eigenvalue weighted by molar-refractivity contribution is 0.811. The Hall–Kier alpha value is -0.870. The molecule has 0 saturated carbocycles. The molecule has 0 fully saturated rings. The van der Waals surface area contributed by atoms with E-state index in [1.165, 1.54) is 4.57 Å². The van der Waals surface area contributed by atoms with Crippen molar-refractivity contribution in [1.82, 2.24) is 9.55 Å². The Morgan fingerprint density at radius 3 is 2.93 bits per heavy atom. The van der Waals surface area contributed by atoms with Crippen LogP contribution < -0.4 is 5.56 Å². The first-order chi connectivity index (χ1) is 6.61. The molecule has 1 heterocycles. The van der Waals surface area contributed by atoms with E-state index in [9.17, 15) is 4.79 Å². The summed E-state index contributed by atoms with van der Waals surface area (Å²) in [5.41, 5.74) is 0.425. The van der Waals surface area contributed by atoms with Crippen LogP contribution in [0.5, 0.6) is 0 Å². The minimum Gasteiger partial charge on any atom is -0.290 e. The van der Waals surface area contributed by atoms with Crippen LogP contribution in [0.1, 0.15) is 0 Å². The first-order valence-corrected chi connectivity index (χ1v) is 5.09. The first kappa shape index (κ1) is 9.68. The highest BCUT2D eigenvalue weighted by atomic mass is 79.9. The zero-order valence-corrected chi connectivity index (χ0v) is 9.63. The van der Waals surface area contributed by atoms with E-state index >= 15 is 0 Å². The molecule has 0 spiro atoms. The summed E-state index contributed by atoms with van der Waals surface area (Å²) in [6.07, 6.45) is 0. The predicted molar refractivity (Wildman–Crippen MR) is 59.7 cm³/mol. The highest BCUT2D eigenvalue weighted by molar-refractivity contribution is 9.10. The van der Waals surface area contributed by atoms with Gasteiger partial charge in [0.15, 0.2) is 4.73 Å². The van der Waals surface area contributed by atoms with Crippen LogP contribution in [0.15, 0.2) is 27.7 Å². The van der Waals surface area contributed by atoms with Crippen LogP contribution >= 0.6 is 27.5 Å². The Balaban J connectivity index is 3.06. The maximum absolute atomic E-state index is 11.7. The SMILES string of the molecule is Cn1c(Br)nc2c(Cl)cccc2c1=O. The summed E-state index contributed by atoms with van der Waals surface area (Å²) in [4.78, 5) is 15.9. The highest BCUT2D eigenvalue weighted by Gasteiger charge is 2.07. The number of hydrogen-bond acceptors (Lipinski definition) is 2. The maximum Gasteiger partial charge on any atom is 0.261 e. The number of para-hydroxylation sites is 1. The van der Waals surface area contributed by atoms with Crippen LogP contribution in [0.4, 0.5) is 0 Å². The van der Waals surface area contributed by atoms with Crippen molar-refractivity contribution >= 4 is 38.4 Å². The molecule has 0 bridgehead atoms. The Labute approximate surface area is 93.5 Å². The van der Waals surface area contributed by atoms with Gasteiger partial charge in [-0.15, -0.1) is 0 Å². The molecule has 3 nitrogen and oxygen atoms in total. The third kappa shape index (κ3) is 1.35. The van der Waals surface area contributed by atoms with Crippen molar-refractivity contribution < 1.29 is 0 Å². The number of aromatic nitrogens is 2. The van der Waals surface area contributed by atoms with E-state index in [1.807, 2.05) is 0 Å². The average Bonchev–Trinajstić information content (AvgIpc) is 2.17. The van der Waals surface area contributed by atoms with Crippen molar-refractivity contribution in [3.8, 4) is 0 Å². The second kappa shape index (κ2) is 3.37. The molecule has 2 aromatic rings. The molecule has 0 aliphatic carbocycles. The van der Waals surface area contributed by atoms with Gasteiger partial charge in [-0.25, -0.2) is 4.98 Å². The molecule has 0 aliphatic rings. The zero-order valence-electron chi connectivity index (χ0n) is 7.29. The lowest BCUT2D eigenvalue weighted by Crippen LogP contribution is -2.18. The molecule has 0 atom stereocenters. The van der Waals surface area contributed by atoms with E-state index in [2.05, 4.69) is 20.9 Å². The number of fused-ring (bicyclic) bond motifs is 1. The third-order valence-electron chi connectivity index (χ3n) is 2.00. The van der Waals surface area contributed by atoms with Crippen molar-refractivity contribution in [3.63, 3.8) is 0 Å². The number of benzene rings is 1. The van der Waals surface area contributed by atoms with Crippen LogP contribution in [-0.2, 0) is 7.05 Å². The van der Waals surface area contributed by atoms with Gasteiger partial charge in [0, 0.05) is 7.05 Å². The molecule has 1 aromatic carbocycles. The smallest absolute Gasteiger partial charge is 0.261 e. The lowest BCUT2D eigenvalue weighted by Gasteiger charge is -2.04. The molecule has 0 amide bonds. The molecule has 0 saturated heterocycles. The number of hydrogen-bond donors (Lipinski definition) is 0. The lowest BCUT2D eigenvalue weighted by atomic mass is 10.2. The quantitative estimate of drug-likeness (QED) is 0.691. The largest absolute Gasteiger partial charge is 0.290 e. The van der Waals surface area contributed by atoms with Crippen molar-refractivity contribution in [2.45, 2.75) is 0 Å². The second-order valence-electron chi connectivity index (χ2n) is 2.88. The van der Waals surface area contributed by atoms with Crippen LogP contribution in [0, 0.1) is 0 Å². The molecular weight excluding hydrogens is 267 g/mol. The van der Waals surface area contributed by atoms with Crippen LogP contribution in [0.2, 0.25) is 5.02 Å². The van der Waals surface area contributed by atoms with Crippen LogP contribution in [-0.4, -0.2) is 9.55 Å². The van der Waals surface area contributed by atoms with Crippen molar-refractivity contribution in [3.05, 3.63) is 38.3 Å². The van der Waals surface area contributed by atoms with E-state index in [0.29, 0.717) is 20.7 Å². The van der Waals surface area contributed by atoms with Crippen LogP contribution in [0.25, 0.3) is 10.9 Å². The monoisotopic (exact) mass is 272 g/mol. The fourth-order valence-electron chi connectivity index (χ4n) is 1.23. The molecular formula is C9H6BrClN2O. The molecule has 5 heteroatoms. The fourth-order valence-corrected chi connectivity index (χ4v) is 1.79. The van der Waals surface area contributed by atoms with Gasteiger partial charge < -0.3 is 0 Å². The van der Waals surface area contributed by atoms with E-state index in [4.69, 9.17) is 11.6 Å². The summed E-state index contributed by atoms with van der Waals surface area (Å²) in [5, 5.41) is 1.02. The molecule has 0 radical (unpaired) electrons. The van der Waals surface area contributed by atoms with E-state index < -0.39 is 0 Å². The van der Waals surface area contributed by atoms with Gasteiger partial charge in [0.25, 0.3) is 5.56 Å². The van der Waals surface area contributed by atoms with E-state index in [-0.39, 0.29) is 5.56 Å². The molecule has 2 rings (SSSR count). The van der Waals surface area contributed by atoms with E-state index in [1.54, 1.807) is 25.2 Å². The van der Waals surface area contributed by atoms with Gasteiger partial charge >= 0.3 is 0 Å². The van der Waals surface area contributed by atoms with Crippen molar-refractivity contribution in [2.75, 3.05) is 0 Å². The number of nitrogens with zero attached hydrogens (tertiary/aromatic N) is 2. The predicted octanol–water partition coefficient (Wildman–Crippen LogP) is 2.35.